The van der Waals surface area contributed by atoms with Crippen LogP contribution in [0.1, 0.15) is 34.3 Å². The van der Waals surface area contributed by atoms with Gasteiger partial charge in [0.2, 0.25) is 0 Å². The number of amides is 1. The molecule has 1 N–H and O–H groups in total. The van der Waals surface area contributed by atoms with E-state index in [2.05, 4.69) is 33.4 Å². The van der Waals surface area contributed by atoms with E-state index in [4.69, 9.17) is 21.1 Å². The third-order valence-electron chi connectivity index (χ3n) is 5.35. The van der Waals surface area contributed by atoms with Gasteiger partial charge in [-0.1, -0.05) is 29.8 Å². The second-order valence-corrected chi connectivity index (χ2v) is 9.62. The normalized spacial score (nSPS) is 12.7. The first-order chi connectivity index (χ1) is 15.5. The molecule has 0 aliphatic heterocycles. The third-order valence-corrected chi connectivity index (χ3v) is 7.10. The van der Waals surface area contributed by atoms with E-state index in [-0.39, 0.29) is 12.5 Å². The van der Waals surface area contributed by atoms with Crippen LogP contribution in [0.2, 0.25) is 5.02 Å². The summed E-state index contributed by atoms with van der Waals surface area (Å²) in [5, 5.41) is 5.67. The lowest BCUT2D eigenvalue weighted by Gasteiger charge is -2.16. The highest BCUT2D eigenvalue weighted by molar-refractivity contribution is 9.10. The minimum absolute atomic E-state index is 0.215. The number of hydrogen-bond donors (Lipinski definition) is 1. The Morgan fingerprint density at radius 2 is 1.91 bits per heavy atom. The molecule has 1 amide bonds. The van der Waals surface area contributed by atoms with Crippen LogP contribution >= 0.6 is 38.9 Å². The summed E-state index contributed by atoms with van der Waals surface area (Å²) in [6.45, 7) is -0.215. The fourth-order valence-corrected chi connectivity index (χ4v) is 5.54. The highest BCUT2D eigenvalue weighted by Crippen LogP contribution is 2.38. The zero-order valence-corrected chi connectivity index (χ0v) is 20.5. The van der Waals surface area contributed by atoms with Crippen molar-refractivity contribution in [2.24, 2.45) is 0 Å². The summed E-state index contributed by atoms with van der Waals surface area (Å²) in [6, 6.07) is 11.4. The molecule has 5 nitrogen and oxygen atoms in total. The van der Waals surface area contributed by atoms with Crippen LogP contribution in [0.5, 0.6) is 5.75 Å². The smallest absolute Gasteiger partial charge is 0.341 e. The van der Waals surface area contributed by atoms with E-state index in [0.29, 0.717) is 25.8 Å². The van der Waals surface area contributed by atoms with Crippen molar-refractivity contribution >= 4 is 55.7 Å². The van der Waals surface area contributed by atoms with E-state index >= 15 is 0 Å². The standard InChI is InChI=1S/C24H21BrClNO4S/c1-30-24(29)22-18(16-7-6-14-4-2-3-5-15(14)10-16)13-32-23(22)27-21(28)12-31-20-9-8-17(26)11-19(20)25/h6-11,13H,2-5,12H2,1H3,(H,27,28). The van der Waals surface area contributed by atoms with Gasteiger partial charge in [0.05, 0.1) is 11.6 Å². The van der Waals surface area contributed by atoms with Crippen LogP contribution in [0.15, 0.2) is 46.3 Å². The summed E-state index contributed by atoms with van der Waals surface area (Å²) in [5.41, 5.74) is 4.75. The molecule has 1 aliphatic rings. The molecule has 32 heavy (non-hydrogen) atoms. The Balaban J connectivity index is 1.54. The molecule has 3 aromatic rings. The van der Waals surface area contributed by atoms with Gasteiger partial charge in [0.15, 0.2) is 6.61 Å². The number of hydrogen-bond acceptors (Lipinski definition) is 5. The van der Waals surface area contributed by atoms with Crippen LogP contribution in [0.25, 0.3) is 11.1 Å². The molecular formula is C24H21BrClNO4S. The van der Waals surface area contributed by atoms with E-state index in [9.17, 15) is 9.59 Å². The number of aryl methyl sites for hydroxylation is 2. The maximum Gasteiger partial charge on any atom is 0.341 e. The number of carbonyl (C=O) groups is 2. The predicted molar refractivity (Wildman–Crippen MR) is 131 cm³/mol. The lowest BCUT2D eigenvalue weighted by atomic mass is 9.89. The summed E-state index contributed by atoms with van der Waals surface area (Å²) in [4.78, 5) is 25.1. The molecule has 0 bridgehead atoms. The molecular weight excluding hydrogens is 514 g/mol. The van der Waals surface area contributed by atoms with Gasteiger partial charge in [0, 0.05) is 16.0 Å². The first-order valence-corrected chi connectivity index (χ1v) is 12.2. The summed E-state index contributed by atoms with van der Waals surface area (Å²) in [7, 11) is 1.34. The molecule has 0 unspecified atom stereocenters. The minimum atomic E-state index is -0.490. The number of thiophene rings is 1. The van der Waals surface area contributed by atoms with Gasteiger partial charge in [-0.05, 0) is 76.5 Å². The summed E-state index contributed by atoms with van der Waals surface area (Å²) in [6.07, 6.45) is 4.52. The molecule has 0 spiro atoms. The van der Waals surface area contributed by atoms with Gasteiger partial charge in [-0.3, -0.25) is 4.79 Å². The fraction of sp³-hybridized carbons (Fsp3) is 0.250. The average Bonchev–Trinajstić information content (AvgIpc) is 3.21. The maximum atomic E-state index is 12.6. The number of carbonyl (C=O) groups excluding carboxylic acids is 2. The molecule has 4 rings (SSSR count). The van der Waals surface area contributed by atoms with Gasteiger partial charge < -0.3 is 14.8 Å². The molecule has 8 heteroatoms. The summed E-state index contributed by atoms with van der Waals surface area (Å²) in [5.74, 6) is -0.370. The van der Waals surface area contributed by atoms with E-state index in [0.717, 1.165) is 24.0 Å². The molecule has 2 aromatic carbocycles. The topological polar surface area (TPSA) is 64.6 Å². The quantitative estimate of drug-likeness (QED) is 0.366. The molecule has 0 radical (unpaired) electrons. The number of anilines is 1. The second-order valence-electron chi connectivity index (χ2n) is 7.45. The lowest BCUT2D eigenvalue weighted by Crippen LogP contribution is -2.21. The number of benzene rings is 2. The van der Waals surface area contributed by atoms with Crippen molar-refractivity contribution in [3.63, 3.8) is 0 Å². The average molecular weight is 535 g/mol. The lowest BCUT2D eigenvalue weighted by molar-refractivity contribution is -0.118. The molecule has 166 valence electrons. The number of ether oxygens (including phenoxy) is 2. The Kier molecular flexibility index (Phi) is 7.18. The van der Waals surface area contributed by atoms with Crippen LogP contribution in [-0.4, -0.2) is 25.6 Å². The van der Waals surface area contributed by atoms with Gasteiger partial charge in [-0.25, -0.2) is 4.79 Å². The zero-order valence-electron chi connectivity index (χ0n) is 17.4. The van der Waals surface area contributed by atoms with Gasteiger partial charge >= 0.3 is 5.97 Å². The minimum Gasteiger partial charge on any atom is -0.483 e. The Morgan fingerprint density at radius 3 is 2.66 bits per heavy atom. The highest BCUT2D eigenvalue weighted by Gasteiger charge is 2.23. The molecule has 0 saturated carbocycles. The highest BCUT2D eigenvalue weighted by atomic mass is 79.9. The molecule has 1 aromatic heterocycles. The molecule has 0 atom stereocenters. The number of nitrogens with one attached hydrogen (secondary N) is 1. The monoisotopic (exact) mass is 533 g/mol. The molecule has 0 saturated heterocycles. The number of esters is 1. The summed E-state index contributed by atoms with van der Waals surface area (Å²) >= 11 is 10.6. The first-order valence-electron chi connectivity index (χ1n) is 10.2. The van der Waals surface area contributed by atoms with Gasteiger partial charge in [-0.15, -0.1) is 11.3 Å². The van der Waals surface area contributed by atoms with Crippen molar-refractivity contribution in [2.75, 3.05) is 19.0 Å². The van der Waals surface area contributed by atoms with Crippen molar-refractivity contribution in [3.8, 4) is 16.9 Å². The molecule has 1 aliphatic carbocycles. The number of rotatable bonds is 6. The van der Waals surface area contributed by atoms with Gasteiger partial charge in [0.1, 0.15) is 16.3 Å². The van der Waals surface area contributed by atoms with Crippen LogP contribution in [-0.2, 0) is 22.4 Å². The Morgan fingerprint density at radius 1 is 1.12 bits per heavy atom. The number of methoxy groups -OCH3 is 1. The van der Waals surface area contributed by atoms with Gasteiger partial charge in [0.25, 0.3) is 5.91 Å². The predicted octanol–water partition coefficient (Wildman–Crippen LogP) is 6.51. The van der Waals surface area contributed by atoms with Crippen LogP contribution < -0.4 is 10.1 Å². The summed E-state index contributed by atoms with van der Waals surface area (Å²) < 4.78 is 11.2. The van der Waals surface area contributed by atoms with E-state index < -0.39 is 5.97 Å². The molecule has 0 fully saturated rings. The second kappa shape index (κ2) is 10.1. The number of halogens is 2. The SMILES string of the molecule is COC(=O)c1c(-c2ccc3c(c2)CCCC3)csc1NC(=O)COc1ccc(Cl)cc1Br. The van der Waals surface area contributed by atoms with Crippen LogP contribution in [0, 0.1) is 0 Å². The van der Waals surface area contributed by atoms with Crippen molar-refractivity contribution in [2.45, 2.75) is 25.7 Å². The Labute approximate surface area is 203 Å². The maximum absolute atomic E-state index is 12.6. The number of fused-ring (bicyclic) bond motifs is 1. The van der Waals surface area contributed by atoms with Crippen molar-refractivity contribution in [3.05, 3.63) is 68.0 Å². The first kappa shape index (κ1) is 22.8. The van der Waals surface area contributed by atoms with Crippen LogP contribution in [0.3, 0.4) is 0 Å². The van der Waals surface area contributed by atoms with Crippen molar-refractivity contribution in [1.29, 1.82) is 0 Å². The van der Waals surface area contributed by atoms with Crippen molar-refractivity contribution < 1.29 is 19.1 Å². The zero-order chi connectivity index (χ0) is 22.7. The van der Waals surface area contributed by atoms with E-state index in [1.54, 1.807) is 18.2 Å². The van der Waals surface area contributed by atoms with Crippen molar-refractivity contribution in [1.82, 2.24) is 0 Å². The van der Waals surface area contributed by atoms with E-state index in [1.165, 1.54) is 42.4 Å². The third kappa shape index (κ3) is 5.00. The fourth-order valence-electron chi connectivity index (χ4n) is 3.77. The molecule has 1 heterocycles. The largest absolute Gasteiger partial charge is 0.483 e. The van der Waals surface area contributed by atoms with Gasteiger partial charge in [-0.2, -0.15) is 0 Å². The Bertz CT molecular complexity index is 1180. The van der Waals surface area contributed by atoms with E-state index in [1.807, 2.05) is 11.4 Å². The Hall–Kier alpha value is -2.35. The van der Waals surface area contributed by atoms with Crippen LogP contribution in [0.4, 0.5) is 5.00 Å².